The highest BCUT2D eigenvalue weighted by atomic mass is 79.9. The second-order valence-electron chi connectivity index (χ2n) is 3.80. The molecule has 1 atom stereocenters. The number of carbonyl (C=O) groups excluding carboxylic acids is 1. The van der Waals surface area contributed by atoms with Gasteiger partial charge in [0.1, 0.15) is 11.7 Å². The Balaban J connectivity index is 2.27. The Kier molecular flexibility index (Phi) is 4.19. The first-order chi connectivity index (χ1) is 8.65. The third kappa shape index (κ3) is 2.64. The number of aromatic amines is 1. The lowest BCUT2D eigenvalue weighted by molar-refractivity contribution is -0.142. The van der Waals surface area contributed by atoms with Crippen LogP contribution in [-0.2, 0) is 9.53 Å². The van der Waals surface area contributed by atoms with Crippen molar-refractivity contribution in [2.24, 2.45) is 0 Å². The first-order valence-electron chi connectivity index (χ1n) is 5.52. The van der Waals surface area contributed by atoms with Gasteiger partial charge in [-0.05, 0) is 28.4 Å². The third-order valence-electron chi connectivity index (χ3n) is 2.65. The lowest BCUT2D eigenvalue weighted by Gasteiger charge is -2.08. The fourth-order valence-electron chi connectivity index (χ4n) is 1.71. The van der Waals surface area contributed by atoms with Gasteiger partial charge in [0.2, 0.25) is 0 Å². The maximum Gasteiger partial charge on any atom is 0.316 e. The second kappa shape index (κ2) is 5.67. The number of hydrogen-bond acceptors (Lipinski definition) is 4. The number of methoxy groups -OCH3 is 1. The van der Waals surface area contributed by atoms with Crippen molar-refractivity contribution in [2.75, 3.05) is 7.11 Å². The summed E-state index contributed by atoms with van der Waals surface area (Å²) in [5.74, 6) is 0.0711. The van der Waals surface area contributed by atoms with Crippen LogP contribution >= 0.6 is 27.3 Å². The van der Waals surface area contributed by atoms with Crippen LogP contribution in [0.15, 0.2) is 22.1 Å². The molecule has 0 spiro atoms. The molecule has 0 aliphatic heterocycles. The monoisotopic (exact) mass is 328 g/mol. The fraction of sp³-hybridized carbons (Fsp3) is 0.333. The van der Waals surface area contributed by atoms with E-state index in [-0.39, 0.29) is 11.9 Å². The quantitative estimate of drug-likeness (QED) is 0.873. The number of imidazole rings is 1. The molecule has 2 heterocycles. The van der Waals surface area contributed by atoms with Gasteiger partial charge in [0, 0.05) is 9.85 Å². The molecule has 96 valence electrons. The van der Waals surface area contributed by atoms with Crippen molar-refractivity contribution in [3.8, 4) is 10.6 Å². The van der Waals surface area contributed by atoms with Crippen LogP contribution in [-0.4, -0.2) is 23.0 Å². The molecule has 0 saturated heterocycles. The van der Waals surface area contributed by atoms with Crippen LogP contribution in [0.4, 0.5) is 0 Å². The van der Waals surface area contributed by atoms with Gasteiger partial charge >= 0.3 is 5.97 Å². The number of rotatable bonds is 4. The SMILES string of the molecule is CCC(C(=O)OC)c1ncc(-c2cc(Br)cs2)[nH]1. The highest BCUT2D eigenvalue weighted by molar-refractivity contribution is 9.10. The van der Waals surface area contributed by atoms with Gasteiger partial charge in [0.25, 0.3) is 0 Å². The van der Waals surface area contributed by atoms with Crippen molar-refractivity contribution in [1.82, 2.24) is 9.97 Å². The Morgan fingerprint density at radius 3 is 3.00 bits per heavy atom. The van der Waals surface area contributed by atoms with Gasteiger partial charge in [-0.15, -0.1) is 11.3 Å². The summed E-state index contributed by atoms with van der Waals surface area (Å²) in [4.78, 5) is 20.2. The van der Waals surface area contributed by atoms with Crippen LogP contribution in [0.1, 0.15) is 25.1 Å². The molecule has 1 N–H and O–H groups in total. The summed E-state index contributed by atoms with van der Waals surface area (Å²) in [6, 6.07) is 2.01. The molecule has 0 saturated carbocycles. The van der Waals surface area contributed by atoms with E-state index in [0.29, 0.717) is 12.2 Å². The maximum atomic E-state index is 11.6. The standard InChI is InChI=1S/C12H13BrN2O2S/c1-3-8(12(16)17-2)11-14-5-9(15-11)10-4-7(13)6-18-10/h4-6,8H,3H2,1-2H3,(H,14,15). The van der Waals surface area contributed by atoms with Gasteiger partial charge < -0.3 is 9.72 Å². The lowest BCUT2D eigenvalue weighted by Crippen LogP contribution is -2.14. The maximum absolute atomic E-state index is 11.6. The van der Waals surface area contributed by atoms with Gasteiger partial charge in [-0.1, -0.05) is 6.92 Å². The van der Waals surface area contributed by atoms with E-state index in [2.05, 4.69) is 25.9 Å². The topological polar surface area (TPSA) is 55.0 Å². The zero-order valence-corrected chi connectivity index (χ0v) is 12.5. The van der Waals surface area contributed by atoms with Crippen LogP contribution in [0.25, 0.3) is 10.6 Å². The first-order valence-corrected chi connectivity index (χ1v) is 7.20. The third-order valence-corrected chi connectivity index (χ3v) is 4.38. The van der Waals surface area contributed by atoms with E-state index >= 15 is 0 Å². The second-order valence-corrected chi connectivity index (χ2v) is 5.62. The number of hydrogen-bond donors (Lipinski definition) is 1. The van der Waals surface area contributed by atoms with Crippen molar-refractivity contribution in [3.63, 3.8) is 0 Å². The number of thiophene rings is 1. The van der Waals surface area contributed by atoms with E-state index < -0.39 is 0 Å². The van der Waals surface area contributed by atoms with Crippen molar-refractivity contribution in [1.29, 1.82) is 0 Å². The average molecular weight is 329 g/mol. The van der Waals surface area contributed by atoms with Crippen LogP contribution in [0, 0.1) is 0 Å². The van der Waals surface area contributed by atoms with Gasteiger partial charge in [-0.25, -0.2) is 4.98 Å². The number of nitrogens with one attached hydrogen (secondary N) is 1. The number of aromatic nitrogens is 2. The van der Waals surface area contributed by atoms with Gasteiger partial charge in [-0.2, -0.15) is 0 Å². The Labute approximate surface area is 118 Å². The molecule has 6 heteroatoms. The number of halogens is 1. The first kappa shape index (κ1) is 13.3. The number of nitrogens with zero attached hydrogens (tertiary/aromatic N) is 1. The Morgan fingerprint density at radius 1 is 1.67 bits per heavy atom. The summed E-state index contributed by atoms with van der Waals surface area (Å²) in [5.41, 5.74) is 0.919. The van der Waals surface area contributed by atoms with Crippen molar-refractivity contribution < 1.29 is 9.53 Å². The van der Waals surface area contributed by atoms with E-state index in [1.165, 1.54) is 7.11 Å². The largest absolute Gasteiger partial charge is 0.468 e. The highest BCUT2D eigenvalue weighted by Crippen LogP contribution is 2.30. The lowest BCUT2D eigenvalue weighted by atomic mass is 10.1. The van der Waals surface area contributed by atoms with Gasteiger partial charge in [0.05, 0.1) is 23.9 Å². The molecule has 0 bridgehead atoms. The minimum Gasteiger partial charge on any atom is -0.468 e. The van der Waals surface area contributed by atoms with Crippen molar-refractivity contribution >= 4 is 33.2 Å². The van der Waals surface area contributed by atoms with Crippen LogP contribution in [0.5, 0.6) is 0 Å². The molecule has 2 aromatic heterocycles. The predicted molar refractivity (Wildman–Crippen MR) is 74.6 cm³/mol. The van der Waals surface area contributed by atoms with Crippen molar-refractivity contribution in [3.05, 3.63) is 27.9 Å². The molecule has 2 rings (SSSR count). The van der Waals surface area contributed by atoms with E-state index in [9.17, 15) is 4.79 Å². The summed E-state index contributed by atoms with van der Waals surface area (Å²) in [5, 5.41) is 2.01. The summed E-state index contributed by atoms with van der Waals surface area (Å²) >= 11 is 5.03. The molecule has 1 unspecified atom stereocenters. The molecule has 0 aliphatic rings. The van der Waals surface area contributed by atoms with E-state index in [1.807, 2.05) is 18.4 Å². The zero-order chi connectivity index (χ0) is 13.1. The molecule has 4 nitrogen and oxygen atoms in total. The highest BCUT2D eigenvalue weighted by Gasteiger charge is 2.22. The fourth-order valence-corrected chi connectivity index (χ4v) is 3.10. The number of ether oxygens (including phenoxy) is 1. The average Bonchev–Trinajstić information content (AvgIpc) is 2.98. The molecule has 18 heavy (non-hydrogen) atoms. The van der Waals surface area contributed by atoms with Gasteiger partial charge in [-0.3, -0.25) is 4.79 Å². The minimum atomic E-state index is -0.327. The summed E-state index contributed by atoms with van der Waals surface area (Å²) < 4.78 is 5.81. The normalized spacial score (nSPS) is 12.4. The predicted octanol–water partition coefficient (Wildman–Crippen LogP) is 3.57. The Morgan fingerprint density at radius 2 is 2.44 bits per heavy atom. The molecular weight excluding hydrogens is 316 g/mol. The van der Waals surface area contributed by atoms with Gasteiger partial charge in [0.15, 0.2) is 0 Å². The Bertz CT molecular complexity index is 550. The molecule has 0 amide bonds. The molecule has 0 aliphatic carbocycles. The zero-order valence-electron chi connectivity index (χ0n) is 10.1. The summed E-state index contributed by atoms with van der Waals surface area (Å²) in [6.45, 7) is 1.94. The molecule has 0 aromatic carbocycles. The van der Waals surface area contributed by atoms with E-state index in [0.717, 1.165) is 15.0 Å². The molecular formula is C12H13BrN2O2S. The van der Waals surface area contributed by atoms with Crippen molar-refractivity contribution in [2.45, 2.75) is 19.3 Å². The van der Waals surface area contributed by atoms with Crippen LogP contribution in [0.2, 0.25) is 0 Å². The number of carbonyl (C=O) groups is 1. The number of esters is 1. The molecule has 0 radical (unpaired) electrons. The molecule has 2 aromatic rings. The summed E-state index contributed by atoms with van der Waals surface area (Å²) in [7, 11) is 1.39. The van der Waals surface area contributed by atoms with E-state index in [4.69, 9.17) is 4.74 Å². The smallest absolute Gasteiger partial charge is 0.316 e. The van der Waals surface area contributed by atoms with Crippen LogP contribution in [0.3, 0.4) is 0 Å². The number of H-pyrrole nitrogens is 1. The van der Waals surface area contributed by atoms with Crippen LogP contribution < -0.4 is 0 Å². The minimum absolute atomic E-state index is 0.259. The summed E-state index contributed by atoms with van der Waals surface area (Å²) in [6.07, 6.45) is 2.41. The van der Waals surface area contributed by atoms with E-state index in [1.54, 1.807) is 17.5 Å². The molecule has 0 fully saturated rings. The Hall–Kier alpha value is -1.14.